The van der Waals surface area contributed by atoms with Crippen LogP contribution in [0.4, 0.5) is 0 Å². The molecule has 0 aromatic carbocycles. The van der Waals surface area contributed by atoms with Crippen molar-refractivity contribution in [2.75, 3.05) is 5.75 Å². The molecule has 4 heteroatoms. The Bertz CT molecular complexity index is 327. The van der Waals surface area contributed by atoms with Crippen LogP contribution in [-0.2, 0) is 0 Å². The highest BCUT2D eigenvalue weighted by Gasteiger charge is 2.24. The van der Waals surface area contributed by atoms with E-state index >= 15 is 0 Å². The van der Waals surface area contributed by atoms with Gasteiger partial charge in [0.1, 0.15) is 0 Å². The first kappa shape index (κ1) is 7.06. The van der Waals surface area contributed by atoms with Gasteiger partial charge >= 0.3 is 0 Å². The van der Waals surface area contributed by atoms with Crippen LogP contribution in [-0.4, -0.2) is 17.8 Å². The lowest BCUT2D eigenvalue weighted by Crippen LogP contribution is -1.96. The fourth-order valence-electron chi connectivity index (χ4n) is 1.04. The molecule has 11 heavy (non-hydrogen) atoms. The van der Waals surface area contributed by atoms with Gasteiger partial charge in [-0.2, -0.15) is 0 Å². The van der Waals surface area contributed by atoms with Gasteiger partial charge in [-0.3, -0.25) is 9.59 Å². The minimum Gasteiger partial charge on any atom is -0.297 e. The van der Waals surface area contributed by atoms with Crippen LogP contribution >= 0.6 is 23.1 Å². The van der Waals surface area contributed by atoms with Gasteiger partial charge in [0.15, 0.2) is 12.1 Å². The number of thiophene rings is 1. The van der Waals surface area contributed by atoms with Crippen LogP contribution in [0.3, 0.4) is 0 Å². The lowest BCUT2D eigenvalue weighted by atomic mass is 10.2. The molecule has 0 amide bonds. The molecule has 0 N–H and O–H groups in total. The van der Waals surface area contributed by atoms with E-state index in [0.717, 1.165) is 11.2 Å². The van der Waals surface area contributed by atoms with Crippen molar-refractivity contribution in [1.82, 2.24) is 0 Å². The topological polar surface area (TPSA) is 34.1 Å². The second-order valence-electron chi connectivity index (χ2n) is 2.17. The number of Topliss-reactive ketones (excluding diaryl/α,β-unsaturated/α-hetero) is 1. The van der Waals surface area contributed by atoms with E-state index in [2.05, 4.69) is 0 Å². The molecule has 2 heterocycles. The van der Waals surface area contributed by atoms with Crippen LogP contribution < -0.4 is 0 Å². The second kappa shape index (κ2) is 2.46. The number of aldehydes is 1. The maximum atomic E-state index is 11.1. The number of ketones is 1. The highest BCUT2D eigenvalue weighted by molar-refractivity contribution is 8.00. The zero-order valence-corrected chi connectivity index (χ0v) is 7.13. The van der Waals surface area contributed by atoms with E-state index in [-0.39, 0.29) is 5.78 Å². The number of thioether (sulfide) groups is 1. The largest absolute Gasteiger partial charge is 0.297 e. The van der Waals surface area contributed by atoms with E-state index in [1.807, 2.05) is 5.38 Å². The lowest BCUT2D eigenvalue weighted by Gasteiger charge is -1.85. The van der Waals surface area contributed by atoms with Crippen molar-refractivity contribution in [3.63, 3.8) is 0 Å². The van der Waals surface area contributed by atoms with Gasteiger partial charge in [-0.25, -0.2) is 0 Å². The number of fused-ring (bicyclic) bond motifs is 1. The Morgan fingerprint density at radius 3 is 3.09 bits per heavy atom. The van der Waals surface area contributed by atoms with Crippen molar-refractivity contribution in [1.29, 1.82) is 0 Å². The van der Waals surface area contributed by atoms with E-state index in [4.69, 9.17) is 0 Å². The quantitative estimate of drug-likeness (QED) is 0.625. The predicted octanol–water partition coefficient (Wildman–Crippen LogP) is 1.85. The molecule has 56 valence electrons. The molecule has 1 aliphatic rings. The van der Waals surface area contributed by atoms with Crippen LogP contribution in [0.1, 0.15) is 20.0 Å². The molecule has 0 radical (unpaired) electrons. The minimum atomic E-state index is 0.0911. The Morgan fingerprint density at radius 1 is 1.55 bits per heavy atom. The van der Waals surface area contributed by atoms with Crippen LogP contribution in [0.25, 0.3) is 0 Å². The first-order chi connectivity index (χ1) is 5.33. The zero-order valence-electron chi connectivity index (χ0n) is 5.49. The molecule has 0 spiro atoms. The molecule has 0 unspecified atom stereocenters. The summed E-state index contributed by atoms with van der Waals surface area (Å²) in [5, 5.41) is 1.87. The standard InChI is InChI=1S/C7H4O2S2/c8-1-5-7-4(9)2-10-6(7)3-11-5/h1,3H,2H2. The molecular formula is C7H4O2S2. The first-order valence-corrected chi connectivity index (χ1v) is 4.92. The molecule has 0 bridgehead atoms. The zero-order chi connectivity index (χ0) is 7.84. The van der Waals surface area contributed by atoms with E-state index in [1.54, 1.807) is 0 Å². The van der Waals surface area contributed by atoms with Gasteiger partial charge < -0.3 is 0 Å². The number of hydrogen-bond donors (Lipinski definition) is 0. The summed E-state index contributed by atoms with van der Waals surface area (Å²) in [5.74, 6) is 0.590. The van der Waals surface area contributed by atoms with E-state index < -0.39 is 0 Å². The van der Waals surface area contributed by atoms with Crippen molar-refractivity contribution < 1.29 is 9.59 Å². The Morgan fingerprint density at radius 2 is 2.36 bits per heavy atom. The Hall–Kier alpha value is -0.610. The highest BCUT2D eigenvalue weighted by atomic mass is 32.2. The predicted molar refractivity (Wildman–Crippen MR) is 44.8 cm³/mol. The van der Waals surface area contributed by atoms with Gasteiger partial charge in [-0.05, 0) is 0 Å². The number of rotatable bonds is 1. The lowest BCUT2D eigenvalue weighted by molar-refractivity contribution is 0.101. The average Bonchev–Trinajstić information content (AvgIpc) is 2.54. The Labute approximate surface area is 71.6 Å². The van der Waals surface area contributed by atoms with Crippen molar-refractivity contribution >= 4 is 35.2 Å². The smallest absolute Gasteiger partial charge is 0.175 e. The van der Waals surface area contributed by atoms with E-state index in [0.29, 0.717) is 16.2 Å². The normalized spacial score (nSPS) is 15.1. The van der Waals surface area contributed by atoms with Gasteiger partial charge in [-0.1, -0.05) is 0 Å². The molecule has 1 aromatic rings. The van der Waals surface area contributed by atoms with Crippen molar-refractivity contribution in [3.05, 3.63) is 15.8 Å². The third kappa shape index (κ3) is 0.937. The summed E-state index contributed by atoms with van der Waals surface area (Å²) in [6.45, 7) is 0. The molecule has 1 aromatic heterocycles. The molecule has 1 aliphatic heterocycles. The van der Waals surface area contributed by atoms with Crippen LogP contribution in [0.15, 0.2) is 10.3 Å². The summed E-state index contributed by atoms with van der Waals surface area (Å²) in [6.07, 6.45) is 0.757. The number of carbonyl (C=O) groups is 2. The summed E-state index contributed by atoms with van der Waals surface area (Å²) < 4.78 is 0. The van der Waals surface area contributed by atoms with Crippen LogP contribution in [0, 0.1) is 0 Å². The second-order valence-corrected chi connectivity index (χ2v) is 4.10. The molecule has 0 fully saturated rings. The van der Waals surface area contributed by atoms with Crippen LogP contribution in [0.2, 0.25) is 0 Å². The van der Waals surface area contributed by atoms with Crippen LogP contribution in [0.5, 0.6) is 0 Å². The highest BCUT2D eigenvalue weighted by Crippen LogP contribution is 2.36. The maximum absolute atomic E-state index is 11.1. The summed E-state index contributed by atoms with van der Waals surface area (Å²) in [4.78, 5) is 23.1. The molecule has 2 nitrogen and oxygen atoms in total. The van der Waals surface area contributed by atoms with Crippen molar-refractivity contribution in [2.45, 2.75) is 4.90 Å². The van der Waals surface area contributed by atoms with E-state index in [1.165, 1.54) is 23.1 Å². The Kier molecular flexibility index (Phi) is 1.58. The SMILES string of the molecule is O=Cc1scc2c1C(=O)CS2. The maximum Gasteiger partial charge on any atom is 0.175 e. The third-order valence-electron chi connectivity index (χ3n) is 1.53. The summed E-state index contributed by atoms with van der Waals surface area (Å²) >= 11 is 2.86. The molecular weight excluding hydrogens is 180 g/mol. The molecule has 0 saturated carbocycles. The summed E-state index contributed by atoms with van der Waals surface area (Å²) in [6, 6.07) is 0. The van der Waals surface area contributed by atoms with Gasteiger partial charge in [0.05, 0.1) is 16.2 Å². The molecule has 0 atom stereocenters. The fraction of sp³-hybridized carbons (Fsp3) is 0.143. The Balaban J connectivity index is 2.63. The summed E-state index contributed by atoms with van der Waals surface area (Å²) in [7, 11) is 0. The molecule has 0 saturated heterocycles. The number of hydrogen-bond acceptors (Lipinski definition) is 4. The third-order valence-corrected chi connectivity index (χ3v) is 3.63. The van der Waals surface area contributed by atoms with Gasteiger partial charge in [0.25, 0.3) is 0 Å². The molecule has 0 aliphatic carbocycles. The van der Waals surface area contributed by atoms with Gasteiger partial charge in [0, 0.05) is 10.3 Å². The van der Waals surface area contributed by atoms with E-state index in [9.17, 15) is 9.59 Å². The monoisotopic (exact) mass is 184 g/mol. The van der Waals surface area contributed by atoms with Crippen molar-refractivity contribution in [2.24, 2.45) is 0 Å². The van der Waals surface area contributed by atoms with Gasteiger partial charge in [0.2, 0.25) is 0 Å². The fourth-order valence-corrected chi connectivity index (χ4v) is 3.07. The molecule has 2 rings (SSSR count). The minimum absolute atomic E-state index is 0.0911. The number of carbonyl (C=O) groups excluding carboxylic acids is 2. The first-order valence-electron chi connectivity index (χ1n) is 3.05. The summed E-state index contributed by atoms with van der Waals surface area (Å²) in [5.41, 5.74) is 0.648. The van der Waals surface area contributed by atoms with Crippen molar-refractivity contribution in [3.8, 4) is 0 Å². The van der Waals surface area contributed by atoms with Gasteiger partial charge in [-0.15, -0.1) is 23.1 Å². The average molecular weight is 184 g/mol.